The first-order chi connectivity index (χ1) is 14.3. The van der Waals surface area contributed by atoms with Crippen molar-refractivity contribution in [2.45, 2.75) is 24.9 Å². The summed E-state index contributed by atoms with van der Waals surface area (Å²) >= 11 is 0. The van der Waals surface area contributed by atoms with E-state index in [0.29, 0.717) is 28.9 Å². The average molecular weight is 409 g/mol. The van der Waals surface area contributed by atoms with Crippen LogP contribution in [-0.4, -0.2) is 20.9 Å². The summed E-state index contributed by atoms with van der Waals surface area (Å²) in [6, 6.07) is 16.3. The molecule has 0 spiro atoms. The largest absolute Gasteiger partial charge is 0.416 e. The van der Waals surface area contributed by atoms with Gasteiger partial charge in [0, 0.05) is 11.8 Å². The van der Waals surface area contributed by atoms with Crippen LogP contribution in [0.5, 0.6) is 0 Å². The monoisotopic (exact) mass is 409 g/mol. The summed E-state index contributed by atoms with van der Waals surface area (Å²) in [5.41, 5.74) is 1.74. The van der Waals surface area contributed by atoms with Crippen LogP contribution in [0, 0.1) is 0 Å². The molecular weight excluding hydrogens is 391 g/mol. The summed E-state index contributed by atoms with van der Waals surface area (Å²) < 4.78 is 40.2. The van der Waals surface area contributed by atoms with E-state index in [2.05, 4.69) is 10.1 Å². The Labute approximate surface area is 171 Å². The normalized spacial score (nSPS) is 13.9. The Kier molecular flexibility index (Phi) is 4.89. The Morgan fingerprint density at radius 1 is 1.00 bits per heavy atom. The number of aromatic nitrogens is 3. The minimum Gasteiger partial charge on any atom is -0.302 e. The van der Waals surface area contributed by atoms with Crippen molar-refractivity contribution in [2.24, 2.45) is 0 Å². The smallest absolute Gasteiger partial charge is 0.302 e. The van der Waals surface area contributed by atoms with Gasteiger partial charge in [-0.15, -0.1) is 0 Å². The molecule has 4 nitrogen and oxygen atoms in total. The van der Waals surface area contributed by atoms with E-state index in [1.54, 1.807) is 23.0 Å². The molecule has 0 aliphatic rings. The van der Waals surface area contributed by atoms with E-state index in [9.17, 15) is 18.0 Å². The number of hydrogen-bond acceptors (Lipinski definition) is 3. The molecule has 0 aliphatic heterocycles. The van der Waals surface area contributed by atoms with Crippen LogP contribution in [0.2, 0.25) is 0 Å². The van der Waals surface area contributed by atoms with Crippen molar-refractivity contribution in [1.82, 2.24) is 14.6 Å². The molecule has 2 aromatic heterocycles. The zero-order valence-corrected chi connectivity index (χ0v) is 16.1. The lowest BCUT2D eigenvalue weighted by atomic mass is 9.81. The Morgan fingerprint density at radius 3 is 2.33 bits per heavy atom. The number of benzene rings is 2. The molecule has 1 unspecified atom stereocenters. The second-order valence-corrected chi connectivity index (χ2v) is 7.40. The molecule has 152 valence electrons. The molecular formula is C23H18F3N3O. The Morgan fingerprint density at radius 2 is 1.70 bits per heavy atom. The van der Waals surface area contributed by atoms with Crippen molar-refractivity contribution in [2.75, 3.05) is 0 Å². The third-order valence-electron chi connectivity index (χ3n) is 5.18. The lowest BCUT2D eigenvalue weighted by Crippen LogP contribution is -2.30. The first kappa shape index (κ1) is 19.8. The molecule has 2 heterocycles. The molecule has 4 rings (SSSR count). The molecule has 0 aliphatic carbocycles. The second-order valence-electron chi connectivity index (χ2n) is 7.40. The SMILES string of the molecule is CC(C=O)(Cc1ccccc1)c1ccnc2c(-c3ccc(C(F)(F)F)cc3)cnn12. The zero-order valence-electron chi connectivity index (χ0n) is 16.1. The van der Waals surface area contributed by atoms with Crippen molar-refractivity contribution in [3.63, 3.8) is 0 Å². The number of fused-ring (bicyclic) bond motifs is 1. The van der Waals surface area contributed by atoms with Crippen molar-refractivity contribution >= 4 is 11.9 Å². The van der Waals surface area contributed by atoms with Gasteiger partial charge in [-0.3, -0.25) is 0 Å². The molecule has 30 heavy (non-hydrogen) atoms. The molecule has 0 saturated carbocycles. The Hall–Kier alpha value is -3.48. The van der Waals surface area contributed by atoms with Gasteiger partial charge in [0.05, 0.1) is 22.9 Å². The lowest BCUT2D eigenvalue weighted by molar-refractivity contribution is -0.137. The number of nitrogens with zero attached hydrogens (tertiary/aromatic N) is 3. The number of rotatable bonds is 5. The molecule has 0 amide bonds. The molecule has 7 heteroatoms. The maximum atomic E-state index is 12.9. The van der Waals surface area contributed by atoms with Gasteiger partial charge in [-0.05, 0) is 42.7 Å². The molecule has 0 radical (unpaired) electrons. The number of aldehydes is 1. The molecule has 2 aromatic carbocycles. The third kappa shape index (κ3) is 3.58. The number of carbonyl (C=O) groups excluding carboxylic acids is 1. The summed E-state index contributed by atoms with van der Waals surface area (Å²) in [6.45, 7) is 1.83. The molecule has 0 N–H and O–H groups in total. The van der Waals surface area contributed by atoms with E-state index in [4.69, 9.17) is 0 Å². The minimum absolute atomic E-state index is 0.478. The molecule has 0 fully saturated rings. The van der Waals surface area contributed by atoms with Crippen LogP contribution in [0.1, 0.15) is 23.7 Å². The number of halogens is 3. The van der Waals surface area contributed by atoms with E-state index in [1.807, 2.05) is 37.3 Å². The van der Waals surface area contributed by atoms with E-state index in [-0.39, 0.29) is 0 Å². The van der Waals surface area contributed by atoms with E-state index in [0.717, 1.165) is 24.0 Å². The highest BCUT2D eigenvalue weighted by Crippen LogP contribution is 2.33. The highest BCUT2D eigenvalue weighted by Gasteiger charge is 2.31. The quantitative estimate of drug-likeness (QED) is 0.430. The predicted molar refractivity (Wildman–Crippen MR) is 107 cm³/mol. The first-order valence-corrected chi connectivity index (χ1v) is 9.33. The summed E-state index contributed by atoms with van der Waals surface area (Å²) in [5.74, 6) is 0. The van der Waals surface area contributed by atoms with Crippen LogP contribution in [0.15, 0.2) is 73.1 Å². The first-order valence-electron chi connectivity index (χ1n) is 9.33. The number of alkyl halides is 3. The Balaban J connectivity index is 1.77. The van der Waals surface area contributed by atoms with Gasteiger partial charge in [0.15, 0.2) is 5.65 Å². The van der Waals surface area contributed by atoms with Gasteiger partial charge in [-0.25, -0.2) is 9.50 Å². The maximum absolute atomic E-state index is 12.9. The fraction of sp³-hybridized carbons (Fsp3) is 0.174. The molecule has 0 saturated heterocycles. The van der Waals surface area contributed by atoms with Gasteiger partial charge in [-0.1, -0.05) is 42.5 Å². The predicted octanol–water partition coefficient (Wildman–Crippen LogP) is 5.11. The highest BCUT2D eigenvalue weighted by molar-refractivity contribution is 5.78. The van der Waals surface area contributed by atoms with Crippen LogP contribution in [0.25, 0.3) is 16.8 Å². The van der Waals surface area contributed by atoms with E-state index >= 15 is 0 Å². The van der Waals surface area contributed by atoms with Crippen LogP contribution in [0.4, 0.5) is 13.2 Å². The van der Waals surface area contributed by atoms with Crippen LogP contribution >= 0.6 is 0 Å². The second kappa shape index (κ2) is 7.40. The number of carbonyl (C=O) groups is 1. The maximum Gasteiger partial charge on any atom is 0.416 e. The van der Waals surface area contributed by atoms with Crippen molar-refractivity contribution in [1.29, 1.82) is 0 Å². The van der Waals surface area contributed by atoms with Gasteiger partial charge >= 0.3 is 6.18 Å². The van der Waals surface area contributed by atoms with E-state index < -0.39 is 17.2 Å². The van der Waals surface area contributed by atoms with Crippen LogP contribution < -0.4 is 0 Å². The van der Waals surface area contributed by atoms with Gasteiger partial charge in [0.2, 0.25) is 0 Å². The topological polar surface area (TPSA) is 47.3 Å². The summed E-state index contributed by atoms with van der Waals surface area (Å²) in [4.78, 5) is 16.5. The molecule has 4 aromatic rings. The summed E-state index contributed by atoms with van der Waals surface area (Å²) in [5, 5.41) is 4.39. The minimum atomic E-state index is -4.39. The standard InChI is InChI=1S/C23H18F3N3O/c1-22(15-30,13-16-5-3-2-4-6-16)20-11-12-27-21-19(14-28-29(20)21)17-7-9-18(10-8-17)23(24,25)26/h2-12,14-15H,13H2,1H3. The highest BCUT2D eigenvalue weighted by atomic mass is 19.4. The van der Waals surface area contributed by atoms with Gasteiger partial charge in [0.1, 0.15) is 6.29 Å². The summed E-state index contributed by atoms with van der Waals surface area (Å²) in [7, 11) is 0. The van der Waals surface area contributed by atoms with Crippen LogP contribution in [0.3, 0.4) is 0 Å². The molecule has 0 bridgehead atoms. The van der Waals surface area contributed by atoms with Crippen molar-refractivity contribution < 1.29 is 18.0 Å². The lowest BCUT2D eigenvalue weighted by Gasteiger charge is -2.24. The number of hydrogen-bond donors (Lipinski definition) is 0. The van der Waals surface area contributed by atoms with Gasteiger partial charge in [-0.2, -0.15) is 18.3 Å². The van der Waals surface area contributed by atoms with E-state index in [1.165, 1.54) is 12.1 Å². The van der Waals surface area contributed by atoms with Crippen LogP contribution in [-0.2, 0) is 22.8 Å². The fourth-order valence-corrected chi connectivity index (χ4v) is 3.58. The van der Waals surface area contributed by atoms with Gasteiger partial charge in [0.25, 0.3) is 0 Å². The van der Waals surface area contributed by atoms with Crippen molar-refractivity contribution in [3.8, 4) is 11.1 Å². The molecule has 1 atom stereocenters. The Bertz CT molecular complexity index is 1180. The average Bonchev–Trinajstić information content (AvgIpc) is 3.18. The zero-order chi connectivity index (χ0) is 21.4. The third-order valence-corrected chi connectivity index (χ3v) is 5.18. The fourth-order valence-electron chi connectivity index (χ4n) is 3.58. The van der Waals surface area contributed by atoms with Crippen molar-refractivity contribution in [3.05, 3.63) is 89.9 Å². The van der Waals surface area contributed by atoms with Gasteiger partial charge < -0.3 is 4.79 Å². The summed E-state index contributed by atoms with van der Waals surface area (Å²) in [6.07, 6.45) is 0.128.